The van der Waals surface area contributed by atoms with Gasteiger partial charge in [0.25, 0.3) is 0 Å². The SMILES string of the molecule is OC[SiH](C#Cc1ccc(C#C[SiH](CO)c2ccccc2)cc1)c1ccccc1. The molecule has 0 fully saturated rings. The van der Waals surface area contributed by atoms with E-state index < -0.39 is 17.6 Å². The van der Waals surface area contributed by atoms with Crippen LogP contribution in [0.25, 0.3) is 0 Å². The van der Waals surface area contributed by atoms with Crippen molar-refractivity contribution < 1.29 is 10.2 Å². The van der Waals surface area contributed by atoms with Gasteiger partial charge in [0.1, 0.15) is 0 Å². The molecular weight excluding hydrogens is 376 g/mol. The number of hydrogen-bond acceptors (Lipinski definition) is 2. The number of hydrogen-bond donors (Lipinski definition) is 2. The number of aliphatic hydroxyl groups excluding tert-OH is 2. The summed E-state index contributed by atoms with van der Waals surface area (Å²) < 4.78 is 0. The lowest BCUT2D eigenvalue weighted by atomic mass is 10.1. The Morgan fingerprint density at radius 2 is 0.893 bits per heavy atom. The Morgan fingerprint density at radius 3 is 1.21 bits per heavy atom. The summed E-state index contributed by atoms with van der Waals surface area (Å²) in [7, 11) is -3.35. The first kappa shape index (κ1) is 19.9. The largest absolute Gasteiger partial charge is 0.398 e. The van der Waals surface area contributed by atoms with Crippen molar-refractivity contribution >= 4 is 28.0 Å². The quantitative estimate of drug-likeness (QED) is 0.504. The summed E-state index contributed by atoms with van der Waals surface area (Å²) in [5, 5.41) is 21.6. The Morgan fingerprint density at radius 1 is 0.536 bits per heavy atom. The van der Waals surface area contributed by atoms with E-state index in [1.54, 1.807) is 0 Å². The zero-order valence-electron chi connectivity index (χ0n) is 15.5. The Hall–Kier alpha value is -2.87. The highest BCUT2D eigenvalue weighted by atomic mass is 28.3. The maximum atomic E-state index is 9.67. The fraction of sp³-hybridized carbons (Fsp3) is 0.0833. The average molecular weight is 399 g/mol. The molecule has 2 N–H and O–H groups in total. The molecule has 0 aliphatic carbocycles. The van der Waals surface area contributed by atoms with Gasteiger partial charge in [0.15, 0.2) is 17.6 Å². The van der Waals surface area contributed by atoms with Crippen LogP contribution in [0.15, 0.2) is 84.9 Å². The van der Waals surface area contributed by atoms with E-state index in [2.05, 4.69) is 22.9 Å². The summed E-state index contributed by atoms with van der Waals surface area (Å²) in [5.41, 5.74) is 8.40. The Bertz CT molecular complexity index is 910. The smallest absolute Gasteiger partial charge is 0.179 e. The average Bonchev–Trinajstić information content (AvgIpc) is 2.77. The molecule has 3 aromatic carbocycles. The second-order valence-electron chi connectivity index (χ2n) is 6.41. The highest BCUT2D eigenvalue weighted by Gasteiger charge is 2.09. The molecule has 2 nitrogen and oxygen atoms in total. The lowest BCUT2D eigenvalue weighted by Gasteiger charge is -2.04. The van der Waals surface area contributed by atoms with E-state index in [0.717, 1.165) is 21.5 Å². The van der Waals surface area contributed by atoms with Crippen LogP contribution in [0.4, 0.5) is 0 Å². The molecule has 0 saturated heterocycles. The van der Waals surface area contributed by atoms with Crippen LogP contribution in [-0.4, -0.2) is 40.3 Å². The third kappa shape index (κ3) is 5.56. The topological polar surface area (TPSA) is 40.5 Å². The van der Waals surface area contributed by atoms with Gasteiger partial charge < -0.3 is 10.2 Å². The molecule has 0 amide bonds. The molecule has 3 aromatic rings. The first-order valence-electron chi connectivity index (χ1n) is 9.25. The van der Waals surface area contributed by atoms with E-state index in [1.807, 2.05) is 84.9 Å². The van der Waals surface area contributed by atoms with Gasteiger partial charge in [-0.2, -0.15) is 0 Å². The molecule has 138 valence electrons. The molecule has 0 radical (unpaired) electrons. The van der Waals surface area contributed by atoms with Crippen LogP contribution in [0.3, 0.4) is 0 Å². The van der Waals surface area contributed by atoms with Gasteiger partial charge in [0, 0.05) is 23.6 Å². The Balaban J connectivity index is 1.71. The zero-order chi connectivity index (χ0) is 19.6. The second-order valence-corrected chi connectivity index (χ2v) is 11.3. The molecule has 0 bridgehead atoms. The lowest BCUT2D eigenvalue weighted by molar-refractivity contribution is 0.365. The van der Waals surface area contributed by atoms with Gasteiger partial charge in [-0.05, 0) is 34.6 Å². The van der Waals surface area contributed by atoms with Crippen LogP contribution in [-0.2, 0) is 0 Å². The minimum absolute atomic E-state index is 0.132. The molecule has 0 heterocycles. The zero-order valence-corrected chi connectivity index (χ0v) is 17.9. The van der Waals surface area contributed by atoms with Gasteiger partial charge in [-0.25, -0.2) is 0 Å². The molecule has 2 atom stereocenters. The van der Waals surface area contributed by atoms with Gasteiger partial charge >= 0.3 is 0 Å². The van der Waals surface area contributed by atoms with Crippen molar-refractivity contribution in [2.75, 3.05) is 12.5 Å². The third-order valence-electron chi connectivity index (χ3n) is 4.44. The number of rotatable bonds is 4. The fourth-order valence-corrected chi connectivity index (χ4v) is 5.81. The van der Waals surface area contributed by atoms with Crippen molar-refractivity contribution in [3.63, 3.8) is 0 Å². The number of aliphatic hydroxyl groups is 2. The molecule has 28 heavy (non-hydrogen) atoms. The van der Waals surface area contributed by atoms with Crippen LogP contribution in [0.5, 0.6) is 0 Å². The van der Waals surface area contributed by atoms with E-state index in [9.17, 15) is 10.2 Å². The van der Waals surface area contributed by atoms with Crippen LogP contribution in [0, 0.1) is 22.9 Å². The normalized spacial score (nSPS) is 12.1. The van der Waals surface area contributed by atoms with E-state index in [-0.39, 0.29) is 12.5 Å². The summed E-state index contributed by atoms with van der Waals surface area (Å²) in [6.07, 6.45) is 0.264. The maximum Gasteiger partial charge on any atom is 0.179 e. The van der Waals surface area contributed by atoms with Gasteiger partial charge in [0.05, 0.1) is 0 Å². The van der Waals surface area contributed by atoms with Gasteiger partial charge in [-0.3, -0.25) is 0 Å². The predicted octanol–water partition coefficient (Wildman–Crippen LogP) is 0.800. The summed E-state index contributed by atoms with van der Waals surface area (Å²) in [4.78, 5) is 0. The minimum Gasteiger partial charge on any atom is -0.398 e. The van der Waals surface area contributed by atoms with Gasteiger partial charge in [-0.15, -0.1) is 11.1 Å². The molecule has 0 saturated carbocycles. The predicted molar refractivity (Wildman–Crippen MR) is 121 cm³/mol. The van der Waals surface area contributed by atoms with Crippen LogP contribution >= 0.6 is 0 Å². The summed E-state index contributed by atoms with van der Waals surface area (Å²) in [6.45, 7) is 0. The lowest BCUT2D eigenvalue weighted by Crippen LogP contribution is -2.32. The third-order valence-corrected chi connectivity index (χ3v) is 8.53. The Kier molecular flexibility index (Phi) is 7.43. The molecule has 2 unspecified atom stereocenters. The summed E-state index contributed by atoms with van der Waals surface area (Å²) >= 11 is 0. The molecule has 0 spiro atoms. The van der Waals surface area contributed by atoms with Gasteiger partial charge in [0.2, 0.25) is 0 Å². The van der Waals surface area contributed by atoms with Crippen LogP contribution in [0.2, 0.25) is 0 Å². The molecule has 0 aliphatic rings. The molecule has 4 heteroatoms. The fourth-order valence-electron chi connectivity index (χ4n) is 2.82. The molecular formula is C24H22O2Si2. The molecule has 0 aliphatic heterocycles. The van der Waals surface area contributed by atoms with Crippen LogP contribution in [0.1, 0.15) is 11.1 Å². The standard InChI is InChI=1S/C24H22O2Si2/c25-19-27(23-7-3-1-4-8-23)17-15-21-11-13-22(14-12-21)16-18-28(20-26)24-9-5-2-6-10-24/h1-14,25-28H,19-20H2. The highest BCUT2D eigenvalue weighted by molar-refractivity contribution is 6.80. The van der Waals surface area contributed by atoms with E-state index in [1.165, 1.54) is 0 Å². The van der Waals surface area contributed by atoms with Crippen molar-refractivity contribution in [3.05, 3.63) is 96.1 Å². The van der Waals surface area contributed by atoms with Crippen molar-refractivity contribution in [2.45, 2.75) is 0 Å². The first-order valence-corrected chi connectivity index (χ1v) is 13.2. The summed E-state index contributed by atoms with van der Waals surface area (Å²) in [5.74, 6) is 6.39. The van der Waals surface area contributed by atoms with Crippen molar-refractivity contribution in [1.29, 1.82) is 0 Å². The highest BCUT2D eigenvalue weighted by Crippen LogP contribution is 2.02. The van der Waals surface area contributed by atoms with Crippen LogP contribution < -0.4 is 10.4 Å². The van der Waals surface area contributed by atoms with Gasteiger partial charge in [-0.1, -0.05) is 72.5 Å². The monoisotopic (exact) mass is 398 g/mol. The van der Waals surface area contributed by atoms with Crippen molar-refractivity contribution in [2.24, 2.45) is 0 Å². The van der Waals surface area contributed by atoms with E-state index in [0.29, 0.717) is 0 Å². The number of benzene rings is 3. The minimum atomic E-state index is -1.68. The first-order chi connectivity index (χ1) is 13.8. The van der Waals surface area contributed by atoms with Crippen molar-refractivity contribution in [1.82, 2.24) is 0 Å². The van der Waals surface area contributed by atoms with Crippen molar-refractivity contribution in [3.8, 4) is 22.9 Å². The maximum absolute atomic E-state index is 9.67. The van der Waals surface area contributed by atoms with E-state index >= 15 is 0 Å². The molecule has 3 rings (SSSR count). The summed E-state index contributed by atoms with van der Waals surface area (Å²) in [6, 6.07) is 27.9. The molecule has 0 aromatic heterocycles. The van der Waals surface area contributed by atoms with E-state index in [4.69, 9.17) is 0 Å². The second kappa shape index (κ2) is 10.5. The Labute approximate surface area is 169 Å².